The molecule has 1 spiro atoms. The Hall–Kier alpha value is -2.18. The molecule has 0 bridgehead atoms. The molecule has 0 amide bonds. The molecule has 7 heteroatoms. The van der Waals surface area contributed by atoms with Gasteiger partial charge in [0.15, 0.2) is 0 Å². The van der Waals surface area contributed by atoms with Crippen LogP contribution in [0.5, 0.6) is 0 Å². The Labute approximate surface area is 140 Å². The lowest BCUT2D eigenvalue weighted by molar-refractivity contribution is -0.547. The average Bonchev–Trinajstić information content (AvgIpc) is 2.88. The minimum absolute atomic E-state index is 0.0873. The van der Waals surface area contributed by atoms with E-state index in [-0.39, 0.29) is 11.4 Å². The Bertz CT molecular complexity index is 691. The number of hydrogen-bond donors (Lipinski definition) is 1. The third-order valence-electron chi connectivity index (χ3n) is 5.66. The zero-order valence-electron chi connectivity index (χ0n) is 13.8. The molecule has 2 aliphatic heterocycles. The Kier molecular flexibility index (Phi) is 3.66. The smallest absolute Gasteiger partial charge is 0.360 e. The molecular formula is C17H23N4O3+. The van der Waals surface area contributed by atoms with Crippen molar-refractivity contribution in [3.8, 4) is 0 Å². The third-order valence-corrected chi connectivity index (χ3v) is 5.66. The molecule has 0 aromatic heterocycles. The molecule has 1 aromatic carbocycles. The summed E-state index contributed by atoms with van der Waals surface area (Å²) in [4.78, 5) is 26.4. The highest BCUT2D eigenvalue weighted by molar-refractivity contribution is 5.87. The first-order chi connectivity index (χ1) is 11.6. The maximum atomic E-state index is 13.1. The summed E-state index contributed by atoms with van der Waals surface area (Å²) in [6, 6.07) is 3.31. The highest BCUT2D eigenvalue weighted by Crippen LogP contribution is 2.53. The molecule has 0 radical (unpaired) electrons. The average molecular weight is 331 g/mol. The fourth-order valence-corrected chi connectivity index (χ4v) is 4.41. The molecule has 128 valence electrons. The van der Waals surface area contributed by atoms with Crippen molar-refractivity contribution in [1.82, 2.24) is 0 Å². The third kappa shape index (κ3) is 2.25. The molecular weight excluding hydrogens is 308 g/mol. The molecule has 4 rings (SSSR count). The van der Waals surface area contributed by atoms with Crippen molar-refractivity contribution in [2.45, 2.75) is 57.0 Å². The summed E-state index contributed by atoms with van der Waals surface area (Å²) in [6.45, 7) is 1.88. The molecule has 1 N–H and O–H groups in total. The molecule has 7 nitrogen and oxygen atoms in total. The van der Waals surface area contributed by atoms with Crippen LogP contribution in [0.3, 0.4) is 0 Å². The Morgan fingerprint density at radius 1 is 1.08 bits per heavy atom. The lowest BCUT2D eigenvalue weighted by Gasteiger charge is -2.30. The monoisotopic (exact) mass is 331 g/mol. The van der Waals surface area contributed by atoms with Crippen molar-refractivity contribution in [2.24, 2.45) is 0 Å². The molecule has 3 aliphatic rings. The van der Waals surface area contributed by atoms with Crippen molar-refractivity contribution >= 4 is 22.7 Å². The predicted octanol–water partition coefficient (Wildman–Crippen LogP) is 4.08. The van der Waals surface area contributed by atoms with Gasteiger partial charge in [-0.05, 0) is 38.2 Å². The van der Waals surface area contributed by atoms with Crippen LogP contribution in [-0.4, -0.2) is 28.4 Å². The SMILES string of the molecule is O=[N+]([O-])c1ccc(N2CCCCC2)c2c1[N+](=O)C1(CCCCC1)N2. The lowest BCUT2D eigenvalue weighted by atomic mass is 9.89. The van der Waals surface area contributed by atoms with Gasteiger partial charge in [-0.25, -0.2) is 0 Å². The number of fused-ring (bicyclic) bond motifs is 1. The molecule has 1 saturated carbocycles. The van der Waals surface area contributed by atoms with E-state index in [1.165, 1.54) is 12.5 Å². The van der Waals surface area contributed by atoms with Crippen LogP contribution in [0.2, 0.25) is 0 Å². The molecule has 0 atom stereocenters. The number of benzene rings is 1. The first-order valence-electron chi connectivity index (χ1n) is 8.94. The first-order valence-corrected chi connectivity index (χ1v) is 8.94. The molecule has 2 heterocycles. The van der Waals surface area contributed by atoms with E-state index in [9.17, 15) is 15.0 Å². The van der Waals surface area contributed by atoms with Crippen LogP contribution in [-0.2, 0) is 0 Å². The number of rotatable bonds is 2. The van der Waals surface area contributed by atoms with Crippen LogP contribution >= 0.6 is 0 Å². The van der Waals surface area contributed by atoms with Gasteiger partial charge in [-0.15, -0.1) is 0 Å². The van der Waals surface area contributed by atoms with Crippen molar-refractivity contribution in [3.63, 3.8) is 0 Å². The number of nitrogens with one attached hydrogen (secondary N) is 1. The topological polar surface area (TPSA) is 78.5 Å². The van der Waals surface area contributed by atoms with E-state index in [1.54, 1.807) is 0 Å². The van der Waals surface area contributed by atoms with E-state index in [2.05, 4.69) is 10.2 Å². The summed E-state index contributed by atoms with van der Waals surface area (Å²) >= 11 is 0. The van der Waals surface area contributed by atoms with E-state index in [0.29, 0.717) is 5.69 Å². The minimum Gasteiger partial charge on any atom is -0.370 e. The molecule has 1 aliphatic carbocycles. The van der Waals surface area contributed by atoms with Crippen LogP contribution in [0.25, 0.3) is 0 Å². The Balaban J connectivity index is 1.81. The summed E-state index contributed by atoms with van der Waals surface area (Å²) in [5, 5.41) is 14.9. The van der Waals surface area contributed by atoms with E-state index < -0.39 is 10.6 Å². The van der Waals surface area contributed by atoms with E-state index in [0.717, 1.165) is 68.5 Å². The fraction of sp³-hybridized carbons (Fsp3) is 0.647. The zero-order valence-corrected chi connectivity index (χ0v) is 13.8. The van der Waals surface area contributed by atoms with Crippen LogP contribution in [0.15, 0.2) is 12.1 Å². The van der Waals surface area contributed by atoms with Gasteiger partial charge in [0.1, 0.15) is 5.69 Å². The second-order valence-electron chi connectivity index (χ2n) is 7.14. The number of nitro benzene ring substituents is 1. The Morgan fingerprint density at radius 2 is 1.75 bits per heavy atom. The van der Waals surface area contributed by atoms with Gasteiger partial charge in [0.05, 0.1) is 15.4 Å². The van der Waals surface area contributed by atoms with Gasteiger partial charge in [-0.2, -0.15) is 0 Å². The summed E-state index contributed by atoms with van der Waals surface area (Å²) < 4.78 is 0.910. The van der Waals surface area contributed by atoms with E-state index >= 15 is 0 Å². The van der Waals surface area contributed by atoms with Crippen LogP contribution in [0.4, 0.5) is 22.7 Å². The highest BCUT2D eigenvalue weighted by Gasteiger charge is 2.58. The van der Waals surface area contributed by atoms with Gasteiger partial charge < -0.3 is 10.2 Å². The van der Waals surface area contributed by atoms with Crippen molar-refractivity contribution in [3.05, 3.63) is 27.2 Å². The number of nitro groups is 1. The second-order valence-corrected chi connectivity index (χ2v) is 7.14. The molecule has 1 saturated heterocycles. The molecule has 0 unspecified atom stereocenters. The standard InChI is InChI=1S/C17H23N4O3/c22-20-16-14(21(23)24)8-7-13(19-11-5-2-6-12-19)15(16)18-17(20)9-3-1-4-10-17/h7-8,18H,1-6,9-12H2/q+1. The molecule has 24 heavy (non-hydrogen) atoms. The van der Waals surface area contributed by atoms with Gasteiger partial charge in [0.2, 0.25) is 0 Å². The minimum atomic E-state index is -0.697. The predicted molar refractivity (Wildman–Crippen MR) is 91.9 cm³/mol. The fourth-order valence-electron chi connectivity index (χ4n) is 4.41. The summed E-state index contributed by atoms with van der Waals surface area (Å²) in [7, 11) is 0. The Morgan fingerprint density at radius 3 is 2.42 bits per heavy atom. The highest BCUT2D eigenvalue weighted by atomic mass is 16.6. The van der Waals surface area contributed by atoms with Crippen molar-refractivity contribution in [2.75, 3.05) is 23.3 Å². The summed E-state index contributed by atoms with van der Waals surface area (Å²) in [6.07, 6.45) is 8.02. The maximum Gasteiger partial charge on any atom is 0.360 e. The number of hydrogen-bond acceptors (Lipinski definition) is 5. The van der Waals surface area contributed by atoms with E-state index in [4.69, 9.17) is 0 Å². The zero-order chi connectivity index (χ0) is 16.7. The van der Waals surface area contributed by atoms with Gasteiger partial charge in [0.25, 0.3) is 5.66 Å². The van der Waals surface area contributed by atoms with Crippen molar-refractivity contribution < 1.29 is 9.68 Å². The second kappa shape index (κ2) is 5.72. The van der Waals surface area contributed by atoms with Gasteiger partial charge in [-0.3, -0.25) is 10.1 Å². The van der Waals surface area contributed by atoms with Gasteiger partial charge in [-0.1, -0.05) is 6.42 Å². The largest absolute Gasteiger partial charge is 0.370 e. The normalized spacial score (nSPS) is 22.3. The first kappa shape index (κ1) is 15.4. The van der Waals surface area contributed by atoms with Crippen LogP contribution in [0.1, 0.15) is 51.4 Å². The van der Waals surface area contributed by atoms with Crippen LogP contribution < -0.4 is 10.2 Å². The van der Waals surface area contributed by atoms with Crippen LogP contribution in [0, 0.1) is 15.0 Å². The number of piperidine rings is 1. The van der Waals surface area contributed by atoms with Gasteiger partial charge >= 0.3 is 11.4 Å². The summed E-state index contributed by atoms with van der Waals surface area (Å²) in [5.41, 5.74) is 1.05. The lowest BCUT2D eigenvalue weighted by Crippen LogP contribution is -2.44. The molecule has 2 fully saturated rings. The number of nitrogens with zero attached hydrogens (tertiary/aromatic N) is 3. The maximum absolute atomic E-state index is 13.1. The van der Waals surface area contributed by atoms with Gasteiger partial charge in [0, 0.05) is 36.9 Å². The van der Waals surface area contributed by atoms with E-state index in [1.807, 2.05) is 6.07 Å². The quantitative estimate of drug-likeness (QED) is 0.502. The summed E-state index contributed by atoms with van der Waals surface area (Å²) in [5.74, 6) is 0. The van der Waals surface area contributed by atoms with Crippen molar-refractivity contribution in [1.29, 1.82) is 0 Å². The molecule has 1 aromatic rings. The number of anilines is 2. The number of nitroso groups, excluding NO2 is 1.